The number of aliphatic hydroxyl groups is 2. The Morgan fingerprint density at radius 3 is 2.50 bits per heavy atom. The summed E-state index contributed by atoms with van der Waals surface area (Å²) in [5, 5.41) is 28.7. The van der Waals surface area contributed by atoms with Gasteiger partial charge in [-0.1, -0.05) is 6.07 Å². The Morgan fingerprint density at radius 1 is 1.10 bits per heavy atom. The molecule has 1 atom stereocenters. The van der Waals surface area contributed by atoms with E-state index in [2.05, 4.69) is 26.9 Å². The van der Waals surface area contributed by atoms with E-state index in [1.54, 1.807) is 19.1 Å². The van der Waals surface area contributed by atoms with Crippen LogP contribution < -0.4 is 4.90 Å². The van der Waals surface area contributed by atoms with Crippen molar-refractivity contribution in [3.8, 4) is 5.69 Å². The highest BCUT2D eigenvalue weighted by atomic mass is 16.4. The molecule has 3 N–H and O–H groups in total. The summed E-state index contributed by atoms with van der Waals surface area (Å²) in [4.78, 5) is 20.4. The fraction of sp³-hybridized carbons (Fsp3) is 0.364. The molecule has 0 amide bonds. The maximum absolute atomic E-state index is 11.3. The highest BCUT2D eigenvalue weighted by Gasteiger charge is 2.20. The fourth-order valence-electron chi connectivity index (χ4n) is 3.98. The van der Waals surface area contributed by atoms with Gasteiger partial charge in [0.25, 0.3) is 0 Å². The summed E-state index contributed by atoms with van der Waals surface area (Å²) in [6.45, 7) is 6.07. The van der Waals surface area contributed by atoms with Crippen LogP contribution in [0.3, 0.4) is 0 Å². The summed E-state index contributed by atoms with van der Waals surface area (Å²) < 4.78 is 1.89. The zero-order valence-corrected chi connectivity index (χ0v) is 16.9. The molecular formula is C22H26N4O4. The molecule has 0 saturated carbocycles. The number of nitrogens with zero attached hydrogens (tertiary/aromatic N) is 4. The van der Waals surface area contributed by atoms with Gasteiger partial charge in [0, 0.05) is 44.1 Å². The number of fused-ring (bicyclic) bond motifs is 1. The lowest BCUT2D eigenvalue weighted by Gasteiger charge is -2.36. The van der Waals surface area contributed by atoms with Crippen LogP contribution in [0.2, 0.25) is 0 Å². The summed E-state index contributed by atoms with van der Waals surface area (Å²) in [5.41, 5.74) is 3.40. The predicted octanol–water partition coefficient (Wildman–Crippen LogP) is 1.89. The number of imidazole rings is 1. The molecule has 0 aliphatic carbocycles. The summed E-state index contributed by atoms with van der Waals surface area (Å²) in [7, 11) is 0. The summed E-state index contributed by atoms with van der Waals surface area (Å²) >= 11 is 0. The van der Waals surface area contributed by atoms with Gasteiger partial charge < -0.3 is 20.2 Å². The predicted molar refractivity (Wildman–Crippen MR) is 114 cm³/mol. The van der Waals surface area contributed by atoms with Crippen molar-refractivity contribution in [2.24, 2.45) is 0 Å². The standard InChI is InChI=1S/C22H26N4O4/c1-15(28)21-23-19-13-16(22(29)30)5-6-20(19)26(21)18-4-2-3-17(14-18)25-9-7-24(8-10-25)11-12-27/h2-6,13-15,27-28H,7-12H2,1H3,(H,29,30). The van der Waals surface area contributed by atoms with Crippen molar-refractivity contribution in [3.05, 3.63) is 53.9 Å². The Balaban J connectivity index is 1.71. The van der Waals surface area contributed by atoms with Gasteiger partial charge in [-0.2, -0.15) is 0 Å². The average molecular weight is 410 g/mol. The van der Waals surface area contributed by atoms with E-state index < -0.39 is 12.1 Å². The van der Waals surface area contributed by atoms with Crippen LogP contribution in [0, 0.1) is 0 Å². The number of anilines is 1. The Morgan fingerprint density at radius 2 is 1.83 bits per heavy atom. The van der Waals surface area contributed by atoms with Crippen LogP contribution >= 0.6 is 0 Å². The van der Waals surface area contributed by atoms with Crippen LogP contribution in [0.5, 0.6) is 0 Å². The lowest BCUT2D eigenvalue weighted by atomic mass is 10.2. The Kier molecular flexibility index (Phi) is 5.72. The molecule has 2 heterocycles. The van der Waals surface area contributed by atoms with Crippen LogP contribution in [0.15, 0.2) is 42.5 Å². The van der Waals surface area contributed by atoms with Crippen LogP contribution in [0.1, 0.15) is 29.2 Å². The minimum absolute atomic E-state index is 0.166. The Labute approximate surface area is 174 Å². The number of carboxylic acid groups (broad SMARTS) is 1. The largest absolute Gasteiger partial charge is 0.478 e. The third-order valence-electron chi connectivity index (χ3n) is 5.54. The lowest BCUT2D eigenvalue weighted by molar-refractivity contribution is 0.0697. The number of hydrogen-bond acceptors (Lipinski definition) is 6. The first-order valence-corrected chi connectivity index (χ1v) is 10.1. The smallest absolute Gasteiger partial charge is 0.335 e. The van der Waals surface area contributed by atoms with E-state index in [4.69, 9.17) is 5.11 Å². The average Bonchev–Trinajstić information content (AvgIpc) is 3.14. The van der Waals surface area contributed by atoms with Gasteiger partial charge in [0.1, 0.15) is 11.9 Å². The molecule has 1 aromatic heterocycles. The number of aromatic carboxylic acids is 1. The van der Waals surface area contributed by atoms with Gasteiger partial charge in [-0.3, -0.25) is 9.47 Å². The van der Waals surface area contributed by atoms with Crippen molar-refractivity contribution in [1.82, 2.24) is 14.5 Å². The van der Waals surface area contributed by atoms with Crippen molar-refractivity contribution in [2.75, 3.05) is 44.2 Å². The monoisotopic (exact) mass is 410 g/mol. The number of hydrogen-bond donors (Lipinski definition) is 3. The minimum Gasteiger partial charge on any atom is -0.478 e. The number of β-amino-alcohol motifs (C(OH)–C–C–N with tert-alkyl or cyclic N) is 1. The van der Waals surface area contributed by atoms with Crippen LogP contribution in [-0.2, 0) is 0 Å². The maximum atomic E-state index is 11.3. The molecule has 0 radical (unpaired) electrons. The molecule has 0 bridgehead atoms. The Hall–Kier alpha value is -2.94. The molecule has 1 aliphatic heterocycles. The van der Waals surface area contributed by atoms with E-state index in [1.165, 1.54) is 6.07 Å². The van der Waals surface area contributed by atoms with E-state index in [0.717, 1.165) is 43.1 Å². The van der Waals surface area contributed by atoms with E-state index in [0.29, 0.717) is 17.9 Å². The topological polar surface area (TPSA) is 102 Å². The molecule has 8 heteroatoms. The SMILES string of the molecule is CC(O)c1nc2cc(C(=O)O)ccc2n1-c1cccc(N2CCN(CCO)CC2)c1. The van der Waals surface area contributed by atoms with Gasteiger partial charge in [0.15, 0.2) is 0 Å². The first-order chi connectivity index (χ1) is 14.5. The van der Waals surface area contributed by atoms with Gasteiger partial charge in [-0.25, -0.2) is 9.78 Å². The van der Waals surface area contributed by atoms with E-state index in [1.807, 2.05) is 16.7 Å². The third kappa shape index (κ3) is 3.89. The normalized spacial score (nSPS) is 16.2. The molecule has 1 saturated heterocycles. The number of carboxylic acids is 1. The fourth-order valence-corrected chi connectivity index (χ4v) is 3.98. The molecule has 2 aromatic carbocycles. The van der Waals surface area contributed by atoms with E-state index in [9.17, 15) is 15.0 Å². The van der Waals surface area contributed by atoms with Crippen molar-refractivity contribution in [1.29, 1.82) is 0 Å². The number of aromatic nitrogens is 2. The van der Waals surface area contributed by atoms with Crippen LogP contribution in [0.4, 0.5) is 5.69 Å². The molecule has 30 heavy (non-hydrogen) atoms. The molecule has 1 fully saturated rings. The second-order valence-corrected chi connectivity index (χ2v) is 7.56. The second kappa shape index (κ2) is 8.43. The zero-order valence-electron chi connectivity index (χ0n) is 16.9. The summed E-state index contributed by atoms with van der Waals surface area (Å²) in [6.07, 6.45) is -0.809. The van der Waals surface area contributed by atoms with Crippen molar-refractivity contribution >= 4 is 22.7 Å². The maximum Gasteiger partial charge on any atom is 0.335 e. The number of rotatable bonds is 6. The highest BCUT2D eigenvalue weighted by molar-refractivity contribution is 5.93. The molecule has 8 nitrogen and oxygen atoms in total. The quantitative estimate of drug-likeness (QED) is 0.570. The lowest BCUT2D eigenvalue weighted by Crippen LogP contribution is -2.47. The third-order valence-corrected chi connectivity index (χ3v) is 5.54. The van der Waals surface area contributed by atoms with Crippen molar-refractivity contribution < 1.29 is 20.1 Å². The molecule has 4 rings (SSSR count). The number of benzene rings is 2. The first-order valence-electron chi connectivity index (χ1n) is 10.1. The molecular weight excluding hydrogens is 384 g/mol. The molecule has 3 aromatic rings. The van der Waals surface area contributed by atoms with E-state index in [-0.39, 0.29) is 12.2 Å². The highest BCUT2D eigenvalue weighted by Crippen LogP contribution is 2.28. The van der Waals surface area contributed by atoms with Crippen LogP contribution in [-0.4, -0.2) is 75.1 Å². The molecule has 1 unspecified atom stereocenters. The summed E-state index contributed by atoms with van der Waals surface area (Å²) in [6, 6.07) is 12.9. The van der Waals surface area contributed by atoms with E-state index >= 15 is 0 Å². The molecule has 0 spiro atoms. The second-order valence-electron chi connectivity index (χ2n) is 7.56. The van der Waals surface area contributed by atoms with Gasteiger partial charge in [0.05, 0.1) is 23.2 Å². The number of aliphatic hydroxyl groups excluding tert-OH is 2. The van der Waals surface area contributed by atoms with Crippen LogP contribution in [0.25, 0.3) is 16.7 Å². The van der Waals surface area contributed by atoms with Gasteiger partial charge in [0.2, 0.25) is 0 Å². The minimum atomic E-state index is -1.01. The van der Waals surface area contributed by atoms with Gasteiger partial charge in [-0.05, 0) is 43.3 Å². The number of carbonyl (C=O) groups is 1. The molecule has 158 valence electrons. The van der Waals surface area contributed by atoms with Gasteiger partial charge >= 0.3 is 5.97 Å². The van der Waals surface area contributed by atoms with Crippen molar-refractivity contribution in [3.63, 3.8) is 0 Å². The Bertz CT molecular complexity index is 1050. The first kappa shape index (κ1) is 20.3. The zero-order chi connectivity index (χ0) is 21.3. The van der Waals surface area contributed by atoms with Gasteiger partial charge in [-0.15, -0.1) is 0 Å². The summed E-state index contributed by atoms with van der Waals surface area (Å²) in [5.74, 6) is -0.537. The van der Waals surface area contributed by atoms with Crippen molar-refractivity contribution in [2.45, 2.75) is 13.0 Å². The number of piperazine rings is 1. The molecule has 1 aliphatic rings.